The average molecular weight is 239 g/mol. The molecule has 18 heavy (non-hydrogen) atoms. The zero-order chi connectivity index (χ0) is 13.0. The molecule has 1 aromatic carbocycles. The smallest absolute Gasteiger partial charge is 0.317 e. The molecule has 3 heteroatoms. The minimum absolute atomic E-state index is 0.107. The standard InChI is InChI=1S/C15H13NO2/c1-11-12(5-3-7-14(17)18-2)8-9-13-6-4-10-16-15(11)13/h4,6,8-10H,7H2,1-2H3. The largest absolute Gasteiger partial charge is 0.468 e. The van der Waals surface area contributed by atoms with E-state index in [1.165, 1.54) is 7.11 Å². The predicted molar refractivity (Wildman–Crippen MR) is 70.0 cm³/mol. The van der Waals surface area contributed by atoms with E-state index in [9.17, 15) is 4.79 Å². The van der Waals surface area contributed by atoms with E-state index < -0.39 is 0 Å². The van der Waals surface area contributed by atoms with Crippen LogP contribution in [0.3, 0.4) is 0 Å². The van der Waals surface area contributed by atoms with Gasteiger partial charge in [-0.25, -0.2) is 0 Å². The van der Waals surface area contributed by atoms with E-state index >= 15 is 0 Å². The van der Waals surface area contributed by atoms with Crippen LogP contribution in [0, 0.1) is 18.8 Å². The van der Waals surface area contributed by atoms with Gasteiger partial charge in [0.25, 0.3) is 0 Å². The lowest BCUT2D eigenvalue weighted by Crippen LogP contribution is -1.97. The van der Waals surface area contributed by atoms with E-state index in [0.717, 1.165) is 22.0 Å². The monoisotopic (exact) mass is 239 g/mol. The number of benzene rings is 1. The Balaban J connectivity index is 2.35. The summed E-state index contributed by atoms with van der Waals surface area (Å²) in [6.45, 7) is 1.98. The van der Waals surface area contributed by atoms with Crippen molar-refractivity contribution in [2.75, 3.05) is 7.11 Å². The molecule has 0 atom stereocenters. The van der Waals surface area contributed by atoms with Gasteiger partial charge in [0, 0.05) is 17.1 Å². The van der Waals surface area contributed by atoms with Crippen LogP contribution in [0.1, 0.15) is 17.5 Å². The van der Waals surface area contributed by atoms with Crippen molar-refractivity contribution in [3.8, 4) is 11.8 Å². The summed E-state index contributed by atoms with van der Waals surface area (Å²) in [5.74, 6) is 5.46. The minimum Gasteiger partial charge on any atom is -0.468 e. The quantitative estimate of drug-likeness (QED) is 0.567. The van der Waals surface area contributed by atoms with E-state index in [-0.39, 0.29) is 12.4 Å². The molecule has 0 radical (unpaired) electrons. The molecule has 0 saturated carbocycles. The Labute approximate surface area is 106 Å². The third-order valence-electron chi connectivity index (χ3n) is 2.71. The van der Waals surface area contributed by atoms with Gasteiger partial charge >= 0.3 is 5.97 Å². The highest BCUT2D eigenvalue weighted by Gasteiger charge is 2.02. The molecule has 0 saturated heterocycles. The maximum absolute atomic E-state index is 11.0. The van der Waals surface area contributed by atoms with Crippen molar-refractivity contribution in [3.05, 3.63) is 41.6 Å². The highest BCUT2D eigenvalue weighted by Crippen LogP contribution is 2.18. The molecule has 1 aromatic heterocycles. The first-order valence-corrected chi connectivity index (χ1v) is 5.62. The van der Waals surface area contributed by atoms with Gasteiger partial charge in [-0.2, -0.15) is 0 Å². The SMILES string of the molecule is COC(=O)CC#Cc1ccc2cccnc2c1C. The molecule has 2 rings (SSSR count). The van der Waals surface area contributed by atoms with Gasteiger partial charge in [0.15, 0.2) is 0 Å². The molecule has 0 spiro atoms. The molecule has 0 aliphatic carbocycles. The summed E-state index contributed by atoms with van der Waals surface area (Å²) in [4.78, 5) is 15.3. The fraction of sp³-hybridized carbons (Fsp3) is 0.200. The van der Waals surface area contributed by atoms with Crippen molar-refractivity contribution in [2.45, 2.75) is 13.3 Å². The first kappa shape index (κ1) is 12.1. The lowest BCUT2D eigenvalue weighted by Gasteiger charge is -2.02. The lowest BCUT2D eigenvalue weighted by molar-refractivity contribution is -0.139. The first-order chi connectivity index (χ1) is 8.72. The van der Waals surface area contributed by atoms with Crippen LogP contribution in [0.15, 0.2) is 30.5 Å². The van der Waals surface area contributed by atoms with Crippen LogP contribution in [0.5, 0.6) is 0 Å². The Morgan fingerprint density at radius 2 is 2.22 bits per heavy atom. The summed E-state index contributed by atoms with van der Waals surface area (Å²) in [6, 6.07) is 7.85. The van der Waals surface area contributed by atoms with Crippen LogP contribution in [0.4, 0.5) is 0 Å². The number of hydrogen-bond donors (Lipinski definition) is 0. The second kappa shape index (κ2) is 5.33. The molecule has 0 bridgehead atoms. The second-order valence-electron chi connectivity index (χ2n) is 3.87. The van der Waals surface area contributed by atoms with Crippen LogP contribution >= 0.6 is 0 Å². The number of fused-ring (bicyclic) bond motifs is 1. The number of rotatable bonds is 1. The average Bonchev–Trinajstić information content (AvgIpc) is 2.41. The minimum atomic E-state index is -0.320. The molecule has 0 aliphatic heterocycles. The van der Waals surface area contributed by atoms with Crippen LogP contribution in [-0.4, -0.2) is 18.1 Å². The summed E-state index contributed by atoms with van der Waals surface area (Å²) in [6.07, 6.45) is 1.87. The number of hydrogen-bond acceptors (Lipinski definition) is 3. The summed E-state index contributed by atoms with van der Waals surface area (Å²) in [5, 5.41) is 1.09. The zero-order valence-electron chi connectivity index (χ0n) is 10.4. The summed E-state index contributed by atoms with van der Waals surface area (Å²) in [7, 11) is 1.36. The third-order valence-corrected chi connectivity index (χ3v) is 2.71. The van der Waals surface area contributed by atoms with Crippen molar-refractivity contribution in [1.29, 1.82) is 0 Å². The number of pyridine rings is 1. The van der Waals surface area contributed by atoms with E-state index in [2.05, 4.69) is 21.6 Å². The van der Waals surface area contributed by atoms with E-state index in [1.807, 2.05) is 31.2 Å². The van der Waals surface area contributed by atoms with Crippen molar-refractivity contribution >= 4 is 16.9 Å². The van der Waals surface area contributed by atoms with Gasteiger partial charge in [0.2, 0.25) is 0 Å². The number of ether oxygens (including phenoxy) is 1. The van der Waals surface area contributed by atoms with Gasteiger partial charge in [0.1, 0.15) is 6.42 Å². The zero-order valence-corrected chi connectivity index (χ0v) is 10.4. The fourth-order valence-electron chi connectivity index (χ4n) is 1.71. The number of carbonyl (C=O) groups excluding carboxylic acids is 1. The van der Waals surface area contributed by atoms with Crippen LogP contribution in [0.2, 0.25) is 0 Å². The number of methoxy groups -OCH3 is 1. The Kier molecular flexibility index (Phi) is 3.59. The molecule has 2 aromatic rings. The first-order valence-electron chi connectivity index (χ1n) is 5.62. The third kappa shape index (κ3) is 2.49. The maximum atomic E-state index is 11.0. The molecular formula is C15H13NO2. The molecule has 0 fully saturated rings. The molecule has 0 aliphatic rings. The Bertz CT molecular complexity index is 650. The Morgan fingerprint density at radius 1 is 1.39 bits per heavy atom. The number of aryl methyl sites for hydroxylation is 1. The number of carbonyl (C=O) groups is 1. The molecule has 0 amide bonds. The fourth-order valence-corrected chi connectivity index (χ4v) is 1.71. The topological polar surface area (TPSA) is 39.2 Å². The van der Waals surface area contributed by atoms with Crippen LogP contribution < -0.4 is 0 Å². The lowest BCUT2D eigenvalue weighted by atomic mass is 10.0. The molecular weight excluding hydrogens is 226 g/mol. The van der Waals surface area contributed by atoms with Gasteiger partial charge in [-0.3, -0.25) is 9.78 Å². The Hall–Kier alpha value is -2.34. The molecule has 1 heterocycles. The van der Waals surface area contributed by atoms with Crippen LogP contribution in [-0.2, 0) is 9.53 Å². The molecule has 90 valence electrons. The molecule has 3 nitrogen and oxygen atoms in total. The number of nitrogens with zero attached hydrogens (tertiary/aromatic N) is 1. The van der Waals surface area contributed by atoms with Gasteiger partial charge in [-0.15, -0.1) is 0 Å². The molecule has 0 N–H and O–H groups in total. The maximum Gasteiger partial charge on any atom is 0.317 e. The van der Waals surface area contributed by atoms with Gasteiger partial charge in [-0.1, -0.05) is 24.0 Å². The van der Waals surface area contributed by atoms with E-state index in [1.54, 1.807) is 6.20 Å². The van der Waals surface area contributed by atoms with Crippen molar-refractivity contribution in [2.24, 2.45) is 0 Å². The highest BCUT2D eigenvalue weighted by atomic mass is 16.5. The summed E-state index contributed by atoms with van der Waals surface area (Å²) < 4.78 is 4.53. The van der Waals surface area contributed by atoms with Crippen molar-refractivity contribution in [1.82, 2.24) is 4.98 Å². The second-order valence-corrected chi connectivity index (χ2v) is 3.87. The van der Waals surface area contributed by atoms with Gasteiger partial charge in [0.05, 0.1) is 12.6 Å². The summed E-state index contributed by atoms with van der Waals surface area (Å²) >= 11 is 0. The Morgan fingerprint density at radius 3 is 3.00 bits per heavy atom. The van der Waals surface area contributed by atoms with Crippen molar-refractivity contribution < 1.29 is 9.53 Å². The summed E-state index contributed by atoms with van der Waals surface area (Å²) in [5.41, 5.74) is 2.87. The van der Waals surface area contributed by atoms with Gasteiger partial charge < -0.3 is 4.74 Å². The molecule has 0 unspecified atom stereocenters. The normalized spacial score (nSPS) is 9.67. The van der Waals surface area contributed by atoms with Crippen molar-refractivity contribution in [3.63, 3.8) is 0 Å². The van der Waals surface area contributed by atoms with Crippen LogP contribution in [0.25, 0.3) is 10.9 Å². The van der Waals surface area contributed by atoms with E-state index in [4.69, 9.17) is 0 Å². The predicted octanol–water partition coefficient (Wildman–Crippen LogP) is 2.46. The highest BCUT2D eigenvalue weighted by molar-refractivity contribution is 5.83. The number of esters is 1. The van der Waals surface area contributed by atoms with Gasteiger partial charge in [-0.05, 0) is 24.6 Å². The number of aromatic nitrogens is 1. The van der Waals surface area contributed by atoms with E-state index in [0.29, 0.717) is 0 Å².